The quantitative estimate of drug-likeness (QED) is 0.447. The zero-order valence-electron chi connectivity index (χ0n) is 5.20. The minimum absolute atomic E-state index is 0.785. The molecule has 0 aliphatic carbocycles. The van der Waals surface area contributed by atoms with E-state index in [-0.39, 0.29) is 0 Å². The minimum Gasteiger partial charge on any atom is -0.352 e. The van der Waals surface area contributed by atoms with E-state index in [1.165, 1.54) is 0 Å². The molecular formula is C5H7BN3. The van der Waals surface area contributed by atoms with Crippen LogP contribution in [0.1, 0.15) is 5.82 Å². The normalized spacial score (nSPS) is 10.3. The molecule has 1 aromatic rings. The molecule has 0 amide bonds. The van der Waals surface area contributed by atoms with Gasteiger partial charge in [-0.1, -0.05) is 6.82 Å². The Hall–Kier alpha value is -1.06. The summed E-state index contributed by atoms with van der Waals surface area (Å²) >= 11 is 0. The number of imidazole rings is 1. The van der Waals surface area contributed by atoms with Gasteiger partial charge in [-0.15, -0.1) is 0 Å². The molecule has 0 saturated carbocycles. The van der Waals surface area contributed by atoms with E-state index in [0.717, 1.165) is 5.82 Å². The molecule has 1 rings (SSSR count). The Morgan fingerprint density at radius 2 is 2.78 bits per heavy atom. The van der Waals surface area contributed by atoms with Gasteiger partial charge in [0.25, 0.3) is 7.41 Å². The van der Waals surface area contributed by atoms with E-state index < -0.39 is 0 Å². The van der Waals surface area contributed by atoms with Crippen LogP contribution in [0, 0.1) is 0 Å². The molecule has 1 aromatic heterocycles. The molecule has 0 saturated heterocycles. The second kappa shape index (κ2) is 3.07. The van der Waals surface area contributed by atoms with Crippen molar-refractivity contribution in [2.24, 2.45) is 4.90 Å². The van der Waals surface area contributed by atoms with Gasteiger partial charge in [0.2, 0.25) is 0 Å². The van der Waals surface area contributed by atoms with Gasteiger partial charge in [0.1, 0.15) is 5.82 Å². The van der Waals surface area contributed by atoms with Crippen LogP contribution in [0.25, 0.3) is 0 Å². The Kier molecular flexibility index (Phi) is 2.07. The van der Waals surface area contributed by atoms with E-state index in [1.54, 1.807) is 26.0 Å². The fraction of sp³-hybridized carbons (Fsp3) is 0.200. The summed E-state index contributed by atoms with van der Waals surface area (Å²) in [7, 11) is 1.71. The largest absolute Gasteiger partial charge is 0.352 e. The maximum Gasteiger partial charge on any atom is 0.271 e. The summed E-state index contributed by atoms with van der Waals surface area (Å²) in [4.78, 5) is 10.7. The first-order valence-corrected chi connectivity index (χ1v) is 2.74. The van der Waals surface area contributed by atoms with Crippen LogP contribution in [0.4, 0.5) is 0 Å². The SMILES string of the molecule is C[B]N=Cc1ncc[nH]1. The van der Waals surface area contributed by atoms with Crippen LogP contribution in [0.3, 0.4) is 0 Å². The fourth-order valence-corrected chi connectivity index (χ4v) is 0.493. The summed E-state index contributed by atoms with van der Waals surface area (Å²) in [6.07, 6.45) is 5.12. The number of hydrogen-bond acceptors (Lipinski definition) is 2. The Morgan fingerprint density at radius 3 is 3.33 bits per heavy atom. The van der Waals surface area contributed by atoms with Gasteiger partial charge in [-0.25, -0.2) is 4.98 Å². The van der Waals surface area contributed by atoms with Crippen molar-refractivity contribution in [1.29, 1.82) is 0 Å². The average molecular weight is 120 g/mol. The van der Waals surface area contributed by atoms with E-state index in [2.05, 4.69) is 14.9 Å². The van der Waals surface area contributed by atoms with Gasteiger partial charge in [0.05, 0.1) is 0 Å². The van der Waals surface area contributed by atoms with Crippen molar-refractivity contribution in [2.75, 3.05) is 0 Å². The molecule has 0 aliphatic rings. The molecule has 0 spiro atoms. The standard InChI is InChI=1S/C5H7BN3/c1-6-9-4-5-7-2-3-8-5/h2-4H,1H3,(H,7,8). The summed E-state index contributed by atoms with van der Waals surface area (Å²) in [6, 6.07) is 0. The van der Waals surface area contributed by atoms with Crippen molar-refractivity contribution in [2.45, 2.75) is 6.82 Å². The number of nitrogens with zero attached hydrogens (tertiary/aromatic N) is 2. The van der Waals surface area contributed by atoms with Crippen molar-refractivity contribution in [3.8, 4) is 0 Å². The second-order valence-electron chi connectivity index (χ2n) is 1.51. The van der Waals surface area contributed by atoms with Gasteiger partial charge in [-0.2, -0.15) is 0 Å². The lowest BCUT2D eigenvalue weighted by Crippen LogP contribution is -1.84. The average Bonchev–Trinajstić information content (AvgIpc) is 2.34. The van der Waals surface area contributed by atoms with Crippen molar-refractivity contribution in [3.05, 3.63) is 18.2 Å². The Balaban J connectivity index is 2.57. The Labute approximate surface area is 54.5 Å². The molecule has 1 radical (unpaired) electrons. The monoisotopic (exact) mass is 120 g/mol. The third-order valence-corrected chi connectivity index (χ3v) is 0.865. The molecule has 45 valence electrons. The first kappa shape index (κ1) is 6.07. The molecule has 3 nitrogen and oxygen atoms in total. The summed E-state index contributed by atoms with van der Waals surface area (Å²) in [5, 5.41) is 0. The van der Waals surface area contributed by atoms with E-state index in [0.29, 0.717) is 0 Å². The highest BCUT2D eigenvalue weighted by atomic mass is 14.9. The minimum atomic E-state index is 0.785. The molecule has 0 aliphatic heterocycles. The molecule has 0 bridgehead atoms. The predicted molar refractivity (Wildman–Crippen MR) is 37.8 cm³/mol. The van der Waals surface area contributed by atoms with Crippen LogP contribution < -0.4 is 0 Å². The van der Waals surface area contributed by atoms with E-state index in [4.69, 9.17) is 0 Å². The maximum absolute atomic E-state index is 3.93. The van der Waals surface area contributed by atoms with Gasteiger partial charge in [-0.05, 0) is 0 Å². The third kappa shape index (κ3) is 1.72. The van der Waals surface area contributed by atoms with Crippen LogP contribution in [-0.4, -0.2) is 23.6 Å². The summed E-state index contributed by atoms with van der Waals surface area (Å²) in [5.41, 5.74) is 0. The Bertz CT molecular complexity index is 180. The van der Waals surface area contributed by atoms with Crippen LogP contribution in [-0.2, 0) is 0 Å². The number of aromatic nitrogens is 2. The lowest BCUT2D eigenvalue weighted by atomic mass is 10.0. The molecule has 0 atom stereocenters. The zero-order chi connectivity index (χ0) is 6.53. The second-order valence-corrected chi connectivity index (χ2v) is 1.51. The highest BCUT2D eigenvalue weighted by molar-refractivity contribution is 6.33. The van der Waals surface area contributed by atoms with Gasteiger partial charge in [0.15, 0.2) is 0 Å². The number of H-pyrrole nitrogens is 1. The van der Waals surface area contributed by atoms with Gasteiger partial charge in [0, 0.05) is 18.6 Å². The number of rotatable bonds is 2. The summed E-state index contributed by atoms with van der Waals surface area (Å²) in [6.45, 7) is 1.86. The smallest absolute Gasteiger partial charge is 0.271 e. The Morgan fingerprint density at radius 1 is 1.89 bits per heavy atom. The molecular weight excluding hydrogens is 113 g/mol. The van der Waals surface area contributed by atoms with Gasteiger partial charge >= 0.3 is 0 Å². The van der Waals surface area contributed by atoms with Crippen molar-refractivity contribution in [1.82, 2.24) is 9.97 Å². The van der Waals surface area contributed by atoms with Crippen LogP contribution in [0.15, 0.2) is 17.3 Å². The highest BCUT2D eigenvalue weighted by Crippen LogP contribution is 1.80. The first-order chi connectivity index (χ1) is 4.43. The maximum atomic E-state index is 3.93. The third-order valence-electron chi connectivity index (χ3n) is 0.865. The summed E-state index contributed by atoms with van der Waals surface area (Å²) in [5.74, 6) is 0.785. The number of hydrogen-bond donors (Lipinski definition) is 1. The highest BCUT2D eigenvalue weighted by Gasteiger charge is 1.83. The van der Waals surface area contributed by atoms with Gasteiger partial charge in [-0.3, -0.25) is 0 Å². The molecule has 0 unspecified atom stereocenters. The predicted octanol–water partition coefficient (Wildman–Crippen LogP) is 0.496. The van der Waals surface area contributed by atoms with Crippen LogP contribution in [0.5, 0.6) is 0 Å². The van der Waals surface area contributed by atoms with E-state index in [9.17, 15) is 0 Å². The van der Waals surface area contributed by atoms with Crippen molar-refractivity contribution >= 4 is 13.6 Å². The molecule has 0 aromatic carbocycles. The first-order valence-electron chi connectivity index (χ1n) is 2.74. The molecule has 1 heterocycles. The molecule has 1 N–H and O–H groups in total. The fourth-order valence-electron chi connectivity index (χ4n) is 0.493. The van der Waals surface area contributed by atoms with Crippen molar-refractivity contribution in [3.63, 3.8) is 0 Å². The summed E-state index contributed by atoms with van der Waals surface area (Å²) < 4.78 is 0. The van der Waals surface area contributed by atoms with Crippen LogP contribution in [0.2, 0.25) is 6.82 Å². The lowest BCUT2D eigenvalue weighted by molar-refractivity contribution is 1.28. The molecule has 4 heteroatoms. The molecule has 0 fully saturated rings. The zero-order valence-corrected chi connectivity index (χ0v) is 5.20. The van der Waals surface area contributed by atoms with E-state index >= 15 is 0 Å². The number of aromatic amines is 1. The topological polar surface area (TPSA) is 41.0 Å². The van der Waals surface area contributed by atoms with Gasteiger partial charge < -0.3 is 9.89 Å². The number of nitrogens with one attached hydrogen (secondary N) is 1. The van der Waals surface area contributed by atoms with E-state index in [1.807, 2.05) is 6.82 Å². The van der Waals surface area contributed by atoms with Crippen molar-refractivity contribution < 1.29 is 0 Å². The van der Waals surface area contributed by atoms with Crippen LogP contribution >= 0.6 is 0 Å². The molecule has 9 heavy (non-hydrogen) atoms. The lowest BCUT2D eigenvalue weighted by Gasteiger charge is -1.78.